The van der Waals surface area contributed by atoms with Gasteiger partial charge in [0, 0.05) is 18.0 Å². The third-order valence-corrected chi connectivity index (χ3v) is 4.02. The molecule has 3 aromatic rings. The van der Waals surface area contributed by atoms with Crippen molar-refractivity contribution in [2.24, 2.45) is 0 Å². The number of nitrogens with one attached hydrogen (secondary N) is 1. The van der Waals surface area contributed by atoms with Crippen LogP contribution in [0.2, 0.25) is 0 Å². The molecular formula is C15H17N5OS. The van der Waals surface area contributed by atoms with Crippen molar-refractivity contribution in [3.63, 3.8) is 0 Å². The van der Waals surface area contributed by atoms with E-state index in [0.29, 0.717) is 19.1 Å². The van der Waals surface area contributed by atoms with E-state index in [2.05, 4.69) is 32.3 Å². The first kappa shape index (κ1) is 14.5. The second kappa shape index (κ2) is 7.04. The standard InChI is InChI=1S/C15H17N5OS/c1-2-20-15(17-18-19-20)16-10-12-5-7-13(8-6-12)21-11-14-4-3-9-22-14/h3-9H,2,10-11H2,1H3,(H,16,17,19). The fourth-order valence-electron chi connectivity index (χ4n) is 1.98. The average Bonchev–Trinajstić information content (AvgIpc) is 3.23. The minimum absolute atomic E-state index is 0.612. The first-order valence-corrected chi connectivity index (χ1v) is 7.97. The molecule has 0 spiro atoms. The van der Waals surface area contributed by atoms with E-state index in [9.17, 15) is 0 Å². The van der Waals surface area contributed by atoms with Crippen LogP contribution in [0.15, 0.2) is 41.8 Å². The molecule has 0 saturated heterocycles. The number of tetrazole rings is 1. The molecule has 0 bridgehead atoms. The Kier molecular flexibility index (Phi) is 4.65. The summed E-state index contributed by atoms with van der Waals surface area (Å²) in [6.45, 7) is 4.03. The minimum Gasteiger partial charge on any atom is -0.488 e. The summed E-state index contributed by atoms with van der Waals surface area (Å²) in [7, 11) is 0. The van der Waals surface area contributed by atoms with Crippen molar-refractivity contribution in [1.29, 1.82) is 0 Å². The number of thiophene rings is 1. The van der Waals surface area contributed by atoms with Crippen molar-refractivity contribution in [1.82, 2.24) is 20.2 Å². The molecule has 22 heavy (non-hydrogen) atoms. The number of anilines is 1. The Morgan fingerprint density at radius 3 is 2.82 bits per heavy atom. The lowest BCUT2D eigenvalue weighted by atomic mass is 10.2. The van der Waals surface area contributed by atoms with Crippen molar-refractivity contribution in [3.8, 4) is 5.75 Å². The van der Waals surface area contributed by atoms with Crippen molar-refractivity contribution >= 4 is 17.3 Å². The molecule has 0 aliphatic rings. The van der Waals surface area contributed by atoms with E-state index in [4.69, 9.17) is 4.74 Å². The molecule has 2 heterocycles. The lowest BCUT2D eigenvalue weighted by Gasteiger charge is -2.07. The highest BCUT2D eigenvalue weighted by Crippen LogP contribution is 2.16. The summed E-state index contributed by atoms with van der Waals surface area (Å²) in [4.78, 5) is 1.22. The second-order valence-electron chi connectivity index (χ2n) is 4.68. The van der Waals surface area contributed by atoms with Crippen LogP contribution in [-0.4, -0.2) is 20.2 Å². The van der Waals surface area contributed by atoms with Gasteiger partial charge in [-0.2, -0.15) is 0 Å². The van der Waals surface area contributed by atoms with Crippen molar-refractivity contribution in [2.75, 3.05) is 5.32 Å². The van der Waals surface area contributed by atoms with Crippen molar-refractivity contribution in [2.45, 2.75) is 26.6 Å². The van der Waals surface area contributed by atoms with Gasteiger partial charge in [-0.25, -0.2) is 4.68 Å². The normalized spacial score (nSPS) is 10.6. The van der Waals surface area contributed by atoms with Gasteiger partial charge in [-0.1, -0.05) is 23.3 Å². The molecular weight excluding hydrogens is 298 g/mol. The van der Waals surface area contributed by atoms with E-state index in [-0.39, 0.29) is 0 Å². The van der Waals surface area contributed by atoms with Crippen molar-refractivity contribution in [3.05, 3.63) is 52.2 Å². The molecule has 114 valence electrons. The fourth-order valence-corrected chi connectivity index (χ4v) is 2.59. The topological polar surface area (TPSA) is 64.9 Å². The van der Waals surface area contributed by atoms with E-state index < -0.39 is 0 Å². The summed E-state index contributed by atoms with van der Waals surface area (Å²) >= 11 is 1.70. The predicted octanol–water partition coefficient (Wildman–Crippen LogP) is 2.95. The summed E-state index contributed by atoms with van der Waals surface area (Å²) in [6, 6.07) is 12.1. The zero-order chi connectivity index (χ0) is 15.2. The maximum atomic E-state index is 5.75. The highest BCUT2D eigenvalue weighted by molar-refractivity contribution is 7.09. The molecule has 0 amide bonds. The van der Waals surface area contributed by atoms with Gasteiger partial charge in [0.2, 0.25) is 5.95 Å². The number of benzene rings is 1. The molecule has 3 rings (SSSR count). The Bertz CT molecular complexity index is 693. The molecule has 6 nitrogen and oxygen atoms in total. The molecule has 2 aromatic heterocycles. The summed E-state index contributed by atoms with van der Waals surface area (Å²) < 4.78 is 7.47. The molecule has 0 atom stereocenters. The zero-order valence-electron chi connectivity index (χ0n) is 12.3. The third-order valence-electron chi connectivity index (χ3n) is 3.17. The number of nitrogens with zero attached hydrogens (tertiary/aromatic N) is 4. The SMILES string of the molecule is CCn1nnnc1NCc1ccc(OCc2cccs2)cc1. The van der Waals surface area contributed by atoms with Crippen LogP contribution in [-0.2, 0) is 19.7 Å². The number of rotatable bonds is 7. The molecule has 7 heteroatoms. The Hall–Kier alpha value is -2.41. The quantitative estimate of drug-likeness (QED) is 0.726. The van der Waals surface area contributed by atoms with Crippen LogP contribution in [0, 0.1) is 0 Å². The molecule has 0 radical (unpaired) electrons. The molecule has 0 fully saturated rings. The Balaban J connectivity index is 1.53. The maximum absolute atomic E-state index is 5.75. The van der Waals surface area contributed by atoms with Gasteiger partial charge in [-0.05, 0) is 46.5 Å². The summed E-state index contributed by atoms with van der Waals surface area (Å²) in [5.41, 5.74) is 1.15. The number of hydrogen-bond donors (Lipinski definition) is 1. The monoisotopic (exact) mass is 315 g/mol. The van der Waals surface area contributed by atoms with E-state index >= 15 is 0 Å². The lowest BCUT2D eigenvalue weighted by molar-refractivity contribution is 0.310. The van der Waals surface area contributed by atoms with Gasteiger partial charge in [0.1, 0.15) is 12.4 Å². The van der Waals surface area contributed by atoms with E-state index in [1.54, 1.807) is 16.0 Å². The highest BCUT2D eigenvalue weighted by Gasteiger charge is 2.03. The van der Waals surface area contributed by atoms with Crippen LogP contribution in [0.3, 0.4) is 0 Å². The summed E-state index contributed by atoms with van der Waals surface area (Å²) in [5.74, 6) is 1.55. The lowest BCUT2D eigenvalue weighted by Crippen LogP contribution is -2.07. The zero-order valence-corrected chi connectivity index (χ0v) is 13.1. The fraction of sp³-hybridized carbons (Fsp3) is 0.267. The summed E-state index contributed by atoms with van der Waals surface area (Å²) in [6.07, 6.45) is 0. The molecule has 0 unspecified atom stereocenters. The van der Waals surface area contributed by atoms with Gasteiger partial charge in [0.05, 0.1) is 0 Å². The second-order valence-corrected chi connectivity index (χ2v) is 5.72. The van der Waals surface area contributed by atoms with Gasteiger partial charge in [0.15, 0.2) is 0 Å². The van der Waals surface area contributed by atoms with Crippen LogP contribution in [0.25, 0.3) is 0 Å². The number of aryl methyl sites for hydroxylation is 1. The van der Waals surface area contributed by atoms with E-state index in [1.165, 1.54) is 4.88 Å². The number of hydrogen-bond acceptors (Lipinski definition) is 6. The highest BCUT2D eigenvalue weighted by atomic mass is 32.1. The third kappa shape index (κ3) is 3.62. The van der Waals surface area contributed by atoms with Gasteiger partial charge in [-0.3, -0.25) is 0 Å². The first-order chi connectivity index (χ1) is 10.8. The maximum Gasteiger partial charge on any atom is 0.243 e. The molecule has 1 N–H and O–H groups in total. The first-order valence-electron chi connectivity index (χ1n) is 7.09. The van der Waals surface area contributed by atoms with E-state index in [1.807, 2.05) is 37.3 Å². The predicted molar refractivity (Wildman–Crippen MR) is 85.9 cm³/mol. The molecule has 0 saturated carbocycles. The average molecular weight is 315 g/mol. The largest absolute Gasteiger partial charge is 0.488 e. The minimum atomic E-state index is 0.612. The molecule has 1 aromatic carbocycles. The van der Waals surface area contributed by atoms with Gasteiger partial charge in [0.25, 0.3) is 0 Å². The summed E-state index contributed by atoms with van der Waals surface area (Å²) in [5, 5.41) is 16.8. The van der Waals surface area contributed by atoms with Gasteiger partial charge < -0.3 is 10.1 Å². The number of aromatic nitrogens is 4. The van der Waals surface area contributed by atoms with Crippen LogP contribution in [0.1, 0.15) is 17.4 Å². The Morgan fingerprint density at radius 2 is 2.09 bits per heavy atom. The molecule has 0 aliphatic heterocycles. The van der Waals surface area contributed by atoms with Gasteiger partial charge >= 0.3 is 0 Å². The van der Waals surface area contributed by atoms with Crippen LogP contribution in [0.4, 0.5) is 5.95 Å². The smallest absolute Gasteiger partial charge is 0.243 e. The Labute approximate surface area is 132 Å². The van der Waals surface area contributed by atoms with Crippen molar-refractivity contribution < 1.29 is 4.74 Å². The van der Waals surface area contributed by atoms with Crippen LogP contribution < -0.4 is 10.1 Å². The van der Waals surface area contributed by atoms with Crippen LogP contribution in [0.5, 0.6) is 5.75 Å². The van der Waals surface area contributed by atoms with E-state index in [0.717, 1.165) is 17.9 Å². The molecule has 0 aliphatic carbocycles. The Morgan fingerprint density at radius 1 is 1.23 bits per heavy atom. The number of ether oxygens (including phenoxy) is 1. The van der Waals surface area contributed by atoms with Crippen LogP contribution >= 0.6 is 11.3 Å². The van der Waals surface area contributed by atoms with Gasteiger partial charge in [-0.15, -0.1) is 11.3 Å².